The third-order valence-electron chi connectivity index (χ3n) is 5.19. The number of fused-ring (bicyclic) bond motifs is 3. The van der Waals surface area contributed by atoms with Gasteiger partial charge in [0.25, 0.3) is 0 Å². The summed E-state index contributed by atoms with van der Waals surface area (Å²) in [6, 6.07) is 24.4. The lowest BCUT2D eigenvalue weighted by Gasteiger charge is -2.26. The number of benzene rings is 3. The second kappa shape index (κ2) is 6.80. The van der Waals surface area contributed by atoms with Crippen LogP contribution in [0.15, 0.2) is 77.8 Å². The van der Waals surface area contributed by atoms with Gasteiger partial charge in [-0.15, -0.1) is 0 Å². The van der Waals surface area contributed by atoms with Crippen molar-refractivity contribution < 1.29 is 4.74 Å². The van der Waals surface area contributed by atoms with Gasteiger partial charge in [-0.05, 0) is 47.5 Å². The molecule has 4 aromatic rings. The van der Waals surface area contributed by atoms with Crippen molar-refractivity contribution in [3.63, 3.8) is 0 Å². The number of hydrogen-bond acceptors (Lipinski definition) is 3. The molecule has 0 bridgehead atoms. The van der Waals surface area contributed by atoms with Gasteiger partial charge in [0.2, 0.25) is 5.95 Å². The van der Waals surface area contributed by atoms with Crippen LogP contribution >= 0.6 is 11.6 Å². The summed E-state index contributed by atoms with van der Waals surface area (Å²) in [5.74, 6) is 1.58. The second-order valence-corrected chi connectivity index (χ2v) is 7.27. The number of para-hydroxylation sites is 2. The normalized spacial score (nSPS) is 15.9. The Morgan fingerprint density at radius 1 is 0.964 bits per heavy atom. The number of rotatable bonds is 3. The van der Waals surface area contributed by atoms with Crippen LogP contribution in [0, 0.1) is 0 Å². The van der Waals surface area contributed by atoms with E-state index in [1.807, 2.05) is 54.6 Å². The maximum Gasteiger partial charge on any atom is 0.231 e. The van der Waals surface area contributed by atoms with Gasteiger partial charge in [0.05, 0.1) is 29.9 Å². The van der Waals surface area contributed by atoms with E-state index in [1.54, 1.807) is 7.11 Å². The Hall–Kier alpha value is -3.11. The number of aliphatic imine (C=N–C) groups is 1. The topological polar surface area (TPSA) is 39.4 Å². The van der Waals surface area contributed by atoms with Crippen molar-refractivity contribution in [1.82, 2.24) is 9.55 Å². The molecule has 5 heteroatoms. The molecule has 1 aromatic heterocycles. The van der Waals surface area contributed by atoms with Crippen LogP contribution in [0.2, 0.25) is 5.02 Å². The molecular weight excluding hydrogens is 370 g/mol. The Balaban J connectivity index is 1.68. The number of aromatic nitrogens is 2. The minimum atomic E-state index is 0.108. The first kappa shape index (κ1) is 17.0. The summed E-state index contributed by atoms with van der Waals surface area (Å²) >= 11 is 6.07. The van der Waals surface area contributed by atoms with Crippen LogP contribution in [-0.2, 0) is 0 Å². The average Bonchev–Trinajstić information content (AvgIpc) is 3.12. The number of ether oxygens (including phenoxy) is 1. The molecular formula is C23H18ClN3O. The van der Waals surface area contributed by atoms with Crippen molar-refractivity contribution in [3.05, 3.63) is 88.9 Å². The summed E-state index contributed by atoms with van der Waals surface area (Å²) in [6.07, 6.45) is 0.779. The Labute approximate surface area is 168 Å². The van der Waals surface area contributed by atoms with E-state index in [4.69, 9.17) is 26.3 Å². The SMILES string of the molecule is COc1ccc(C2CC(c3ccc(Cl)cc3)=Nc3nc4ccccc4n32)cc1. The van der Waals surface area contributed by atoms with Gasteiger partial charge in [-0.1, -0.05) is 48.0 Å². The molecule has 0 aliphatic carbocycles. The van der Waals surface area contributed by atoms with Gasteiger partial charge in [0, 0.05) is 11.4 Å². The molecule has 0 radical (unpaired) electrons. The van der Waals surface area contributed by atoms with E-state index >= 15 is 0 Å². The molecule has 0 saturated carbocycles. The van der Waals surface area contributed by atoms with Crippen LogP contribution in [-0.4, -0.2) is 22.4 Å². The zero-order valence-electron chi connectivity index (χ0n) is 15.3. The lowest BCUT2D eigenvalue weighted by Crippen LogP contribution is -2.20. The number of imidazole rings is 1. The third-order valence-corrected chi connectivity index (χ3v) is 5.44. The zero-order chi connectivity index (χ0) is 19.1. The smallest absolute Gasteiger partial charge is 0.231 e. The van der Waals surface area contributed by atoms with Gasteiger partial charge < -0.3 is 9.30 Å². The highest BCUT2D eigenvalue weighted by molar-refractivity contribution is 6.30. The van der Waals surface area contributed by atoms with E-state index in [1.165, 1.54) is 5.56 Å². The van der Waals surface area contributed by atoms with Gasteiger partial charge in [-0.3, -0.25) is 0 Å². The second-order valence-electron chi connectivity index (χ2n) is 6.83. The molecule has 1 aliphatic heterocycles. The van der Waals surface area contributed by atoms with Gasteiger partial charge in [-0.2, -0.15) is 0 Å². The van der Waals surface area contributed by atoms with Crippen LogP contribution in [0.1, 0.15) is 23.6 Å². The molecule has 0 N–H and O–H groups in total. The van der Waals surface area contributed by atoms with Crippen LogP contribution < -0.4 is 4.74 Å². The molecule has 1 unspecified atom stereocenters. The van der Waals surface area contributed by atoms with Crippen molar-refractivity contribution in [2.24, 2.45) is 4.99 Å². The lowest BCUT2D eigenvalue weighted by atomic mass is 9.95. The monoisotopic (exact) mass is 387 g/mol. The summed E-state index contributed by atoms with van der Waals surface area (Å²) in [5, 5.41) is 0.721. The fourth-order valence-corrected chi connectivity index (χ4v) is 3.90. The number of hydrogen-bond donors (Lipinski definition) is 0. The van der Waals surface area contributed by atoms with Gasteiger partial charge in [0.15, 0.2) is 0 Å². The molecule has 0 spiro atoms. The van der Waals surface area contributed by atoms with E-state index in [-0.39, 0.29) is 6.04 Å². The quantitative estimate of drug-likeness (QED) is 0.444. The van der Waals surface area contributed by atoms with E-state index < -0.39 is 0 Å². The highest BCUT2D eigenvalue weighted by atomic mass is 35.5. The summed E-state index contributed by atoms with van der Waals surface area (Å²) in [5.41, 5.74) is 5.34. The molecule has 4 nitrogen and oxygen atoms in total. The van der Waals surface area contributed by atoms with Crippen LogP contribution in [0.3, 0.4) is 0 Å². The summed E-state index contributed by atoms with van der Waals surface area (Å²) in [6.45, 7) is 0. The largest absolute Gasteiger partial charge is 0.497 e. The highest BCUT2D eigenvalue weighted by Gasteiger charge is 2.27. The van der Waals surface area contributed by atoms with Crippen molar-refractivity contribution in [2.45, 2.75) is 12.5 Å². The van der Waals surface area contributed by atoms with Crippen LogP contribution in [0.25, 0.3) is 11.0 Å². The number of halogens is 1. The zero-order valence-corrected chi connectivity index (χ0v) is 16.1. The van der Waals surface area contributed by atoms with E-state index in [9.17, 15) is 0 Å². The van der Waals surface area contributed by atoms with Gasteiger partial charge >= 0.3 is 0 Å². The van der Waals surface area contributed by atoms with Crippen LogP contribution in [0.5, 0.6) is 5.75 Å². The molecule has 28 heavy (non-hydrogen) atoms. The Morgan fingerprint density at radius 3 is 2.46 bits per heavy atom. The van der Waals surface area contributed by atoms with Crippen molar-refractivity contribution >= 4 is 34.3 Å². The summed E-state index contributed by atoms with van der Waals surface area (Å²) in [4.78, 5) is 9.67. The Morgan fingerprint density at radius 2 is 1.71 bits per heavy atom. The fourth-order valence-electron chi connectivity index (χ4n) is 3.78. The maximum atomic E-state index is 6.07. The average molecular weight is 388 g/mol. The van der Waals surface area contributed by atoms with E-state index in [0.717, 1.165) is 45.4 Å². The molecule has 3 aromatic carbocycles. The molecule has 1 aliphatic rings. The predicted molar refractivity (Wildman–Crippen MR) is 113 cm³/mol. The van der Waals surface area contributed by atoms with Crippen molar-refractivity contribution in [3.8, 4) is 5.75 Å². The van der Waals surface area contributed by atoms with Crippen molar-refractivity contribution in [2.75, 3.05) is 7.11 Å². The molecule has 5 rings (SSSR count). The Bertz CT molecular complexity index is 1180. The Kier molecular flexibility index (Phi) is 4.14. The highest BCUT2D eigenvalue weighted by Crippen LogP contribution is 2.37. The molecule has 0 amide bonds. The number of methoxy groups -OCH3 is 1. The standard InChI is InChI=1S/C23H18ClN3O/c1-28-18-12-8-16(9-13-18)22-14-20(15-6-10-17(24)11-7-15)26-23-25-19-4-2-3-5-21(19)27(22)23/h2-13,22H,14H2,1H3. The molecule has 0 fully saturated rings. The van der Waals surface area contributed by atoms with E-state index in [0.29, 0.717) is 0 Å². The maximum absolute atomic E-state index is 6.07. The fraction of sp³-hybridized carbons (Fsp3) is 0.130. The molecule has 2 heterocycles. The summed E-state index contributed by atoms with van der Waals surface area (Å²) in [7, 11) is 1.68. The first-order valence-corrected chi connectivity index (χ1v) is 9.55. The molecule has 1 atom stereocenters. The number of nitrogens with zero attached hydrogens (tertiary/aromatic N) is 3. The lowest BCUT2D eigenvalue weighted by molar-refractivity contribution is 0.414. The third kappa shape index (κ3) is 2.86. The first-order chi connectivity index (χ1) is 13.7. The molecule has 138 valence electrons. The predicted octanol–water partition coefficient (Wildman–Crippen LogP) is 5.81. The first-order valence-electron chi connectivity index (χ1n) is 9.17. The molecule has 0 saturated heterocycles. The van der Waals surface area contributed by atoms with Gasteiger partial charge in [0.1, 0.15) is 5.75 Å². The van der Waals surface area contributed by atoms with E-state index in [2.05, 4.69) is 22.8 Å². The van der Waals surface area contributed by atoms with Gasteiger partial charge in [-0.25, -0.2) is 9.98 Å². The summed E-state index contributed by atoms with van der Waals surface area (Å²) < 4.78 is 7.56. The minimum Gasteiger partial charge on any atom is -0.497 e. The minimum absolute atomic E-state index is 0.108. The van der Waals surface area contributed by atoms with Crippen molar-refractivity contribution in [1.29, 1.82) is 0 Å². The van der Waals surface area contributed by atoms with Crippen LogP contribution in [0.4, 0.5) is 5.95 Å².